The molecule has 0 aliphatic rings. The Morgan fingerprint density at radius 2 is 1.90 bits per heavy atom. The zero-order valence-corrected chi connectivity index (χ0v) is 12.1. The van der Waals surface area contributed by atoms with Crippen LogP contribution in [0.3, 0.4) is 0 Å². The average Bonchev–Trinajstić information content (AvgIpc) is 2.37. The number of amides is 1. The molecule has 1 amide bonds. The topological polar surface area (TPSA) is 55.1 Å². The highest BCUT2D eigenvalue weighted by molar-refractivity contribution is 7.99. The molecule has 0 unspecified atom stereocenters. The second kappa shape index (κ2) is 5.96. The van der Waals surface area contributed by atoms with Gasteiger partial charge in [0.25, 0.3) is 0 Å². The van der Waals surface area contributed by atoms with E-state index in [4.69, 9.17) is 5.73 Å². The first-order valence-electron chi connectivity index (χ1n) is 6.07. The lowest BCUT2D eigenvalue weighted by Crippen LogP contribution is -2.05. The monoisotopic (exact) mass is 290 g/mol. The Balaban J connectivity index is 2.18. The Morgan fingerprint density at radius 3 is 2.50 bits per heavy atom. The number of rotatable bonds is 3. The molecule has 0 atom stereocenters. The Hall–Kier alpha value is -2.01. The van der Waals surface area contributed by atoms with E-state index in [2.05, 4.69) is 5.32 Å². The van der Waals surface area contributed by atoms with E-state index in [9.17, 15) is 9.18 Å². The Labute approximate surface area is 121 Å². The first-order valence-corrected chi connectivity index (χ1v) is 6.88. The SMILES string of the molecule is CC(=O)Nc1ccc(Sc2cc(C)c(F)cc2N)cc1. The Kier molecular flexibility index (Phi) is 4.29. The third kappa shape index (κ3) is 3.51. The van der Waals surface area contributed by atoms with Gasteiger partial charge in [-0.3, -0.25) is 4.79 Å². The van der Waals surface area contributed by atoms with E-state index in [1.54, 1.807) is 13.0 Å². The molecule has 0 aromatic heterocycles. The van der Waals surface area contributed by atoms with Crippen molar-refractivity contribution in [1.82, 2.24) is 0 Å². The average molecular weight is 290 g/mol. The fraction of sp³-hybridized carbons (Fsp3) is 0.133. The second-order valence-electron chi connectivity index (χ2n) is 4.45. The molecule has 0 aliphatic heterocycles. The molecule has 0 heterocycles. The van der Waals surface area contributed by atoms with Crippen LogP contribution in [0.2, 0.25) is 0 Å². The molecule has 0 aliphatic carbocycles. The van der Waals surface area contributed by atoms with Crippen LogP contribution in [0.4, 0.5) is 15.8 Å². The van der Waals surface area contributed by atoms with Crippen molar-refractivity contribution in [3.05, 3.63) is 47.8 Å². The summed E-state index contributed by atoms with van der Waals surface area (Å²) in [6.45, 7) is 3.17. The van der Waals surface area contributed by atoms with Gasteiger partial charge in [0.05, 0.1) is 0 Å². The van der Waals surface area contributed by atoms with E-state index in [0.717, 1.165) is 15.5 Å². The van der Waals surface area contributed by atoms with Crippen LogP contribution in [0.25, 0.3) is 0 Å². The van der Waals surface area contributed by atoms with Crippen molar-refractivity contribution in [2.75, 3.05) is 11.1 Å². The van der Waals surface area contributed by atoms with Crippen LogP contribution in [0.5, 0.6) is 0 Å². The number of hydrogen-bond donors (Lipinski definition) is 2. The molecule has 0 saturated heterocycles. The van der Waals surface area contributed by atoms with E-state index >= 15 is 0 Å². The van der Waals surface area contributed by atoms with E-state index in [-0.39, 0.29) is 11.7 Å². The van der Waals surface area contributed by atoms with Crippen LogP contribution in [0, 0.1) is 12.7 Å². The molecule has 0 spiro atoms. The highest BCUT2D eigenvalue weighted by atomic mass is 32.2. The Bertz CT molecular complexity index is 641. The maximum Gasteiger partial charge on any atom is 0.221 e. The molecule has 0 radical (unpaired) electrons. The molecule has 20 heavy (non-hydrogen) atoms. The second-order valence-corrected chi connectivity index (χ2v) is 5.56. The molecular weight excluding hydrogens is 275 g/mol. The highest BCUT2D eigenvalue weighted by Gasteiger charge is 2.07. The fourth-order valence-electron chi connectivity index (χ4n) is 1.70. The first-order chi connectivity index (χ1) is 9.45. The number of benzene rings is 2. The largest absolute Gasteiger partial charge is 0.398 e. The number of carbonyl (C=O) groups excluding carboxylic acids is 1. The van der Waals surface area contributed by atoms with E-state index < -0.39 is 0 Å². The van der Waals surface area contributed by atoms with Crippen molar-refractivity contribution in [3.8, 4) is 0 Å². The summed E-state index contributed by atoms with van der Waals surface area (Å²) in [6.07, 6.45) is 0. The molecule has 5 heteroatoms. The van der Waals surface area contributed by atoms with Crippen LogP contribution >= 0.6 is 11.8 Å². The molecule has 2 rings (SSSR count). The summed E-state index contributed by atoms with van der Waals surface area (Å²) in [5.74, 6) is -0.406. The lowest BCUT2D eigenvalue weighted by Gasteiger charge is -2.08. The first kappa shape index (κ1) is 14.4. The van der Waals surface area contributed by atoms with Gasteiger partial charge in [0.2, 0.25) is 5.91 Å². The molecule has 104 valence electrons. The predicted molar refractivity (Wildman–Crippen MR) is 80.4 cm³/mol. The molecule has 3 N–H and O–H groups in total. The van der Waals surface area contributed by atoms with Gasteiger partial charge in [-0.1, -0.05) is 11.8 Å². The Morgan fingerprint density at radius 1 is 1.25 bits per heavy atom. The quantitative estimate of drug-likeness (QED) is 0.845. The minimum atomic E-state index is -0.298. The maximum atomic E-state index is 13.3. The van der Waals surface area contributed by atoms with Gasteiger partial charge < -0.3 is 11.1 Å². The minimum Gasteiger partial charge on any atom is -0.398 e. The number of aryl methyl sites for hydroxylation is 1. The summed E-state index contributed by atoms with van der Waals surface area (Å²) in [4.78, 5) is 12.7. The third-order valence-electron chi connectivity index (χ3n) is 2.69. The number of carbonyl (C=O) groups is 1. The van der Waals surface area contributed by atoms with Gasteiger partial charge in [-0.25, -0.2) is 4.39 Å². The van der Waals surface area contributed by atoms with Gasteiger partial charge in [0, 0.05) is 28.1 Å². The smallest absolute Gasteiger partial charge is 0.221 e. The highest BCUT2D eigenvalue weighted by Crippen LogP contribution is 2.34. The van der Waals surface area contributed by atoms with Crippen LogP contribution in [0.1, 0.15) is 12.5 Å². The number of nitrogens with one attached hydrogen (secondary N) is 1. The van der Waals surface area contributed by atoms with Gasteiger partial charge in [-0.05, 0) is 48.9 Å². The molecule has 0 saturated carbocycles. The van der Waals surface area contributed by atoms with Crippen LogP contribution in [-0.2, 0) is 4.79 Å². The van der Waals surface area contributed by atoms with Crippen LogP contribution in [0.15, 0.2) is 46.2 Å². The molecular formula is C15H15FN2OS. The van der Waals surface area contributed by atoms with Gasteiger partial charge in [0.1, 0.15) is 5.82 Å². The summed E-state index contributed by atoms with van der Waals surface area (Å²) in [6, 6.07) is 10.5. The summed E-state index contributed by atoms with van der Waals surface area (Å²) < 4.78 is 13.3. The summed E-state index contributed by atoms with van der Waals surface area (Å²) in [5.41, 5.74) is 7.54. The molecule has 2 aromatic rings. The standard InChI is InChI=1S/C15H15FN2OS/c1-9-7-15(14(17)8-13(9)16)20-12-5-3-11(4-6-12)18-10(2)19/h3-8H,17H2,1-2H3,(H,18,19). The zero-order valence-electron chi connectivity index (χ0n) is 11.2. The van der Waals surface area contributed by atoms with Crippen LogP contribution in [-0.4, -0.2) is 5.91 Å². The maximum absolute atomic E-state index is 13.3. The van der Waals surface area contributed by atoms with Crippen molar-refractivity contribution in [1.29, 1.82) is 0 Å². The lowest BCUT2D eigenvalue weighted by atomic mass is 10.2. The summed E-state index contributed by atoms with van der Waals surface area (Å²) >= 11 is 1.46. The molecule has 0 bridgehead atoms. The van der Waals surface area contributed by atoms with Crippen molar-refractivity contribution in [2.45, 2.75) is 23.6 Å². The van der Waals surface area contributed by atoms with Gasteiger partial charge in [-0.2, -0.15) is 0 Å². The van der Waals surface area contributed by atoms with E-state index in [0.29, 0.717) is 11.3 Å². The molecule has 2 aromatic carbocycles. The zero-order chi connectivity index (χ0) is 14.7. The van der Waals surface area contributed by atoms with Crippen LogP contribution < -0.4 is 11.1 Å². The number of nitrogen functional groups attached to an aromatic ring is 1. The molecule has 3 nitrogen and oxygen atoms in total. The van der Waals surface area contributed by atoms with E-state index in [1.165, 1.54) is 24.8 Å². The van der Waals surface area contributed by atoms with E-state index in [1.807, 2.05) is 24.3 Å². The lowest BCUT2D eigenvalue weighted by molar-refractivity contribution is -0.114. The van der Waals surface area contributed by atoms with Crippen molar-refractivity contribution < 1.29 is 9.18 Å². The fourth-order valence-corrected chi connectivity index (χ4v) is 2.63. The number of halogens is 1. The summed E-state index contributed by atoms with van der Waals surface area (Å²) in [5, 5.41) is 2.70. The number of nitrogens with two attached hydrogens (primary N) is 1. The minimum absolute atomic E-state index is 0.108. The molecule has 0 fully saturated rings. The van der Waals surface area contributed by atoms with Crippen molar-refractivity contribution >= 4 is 29.0 Å². The predicted octanol–water partition coefficient (Wildman–Crippen LogP) is 3.83. The van der Waals surface area contributed by atoms with Crippen molar-refractivity contribution in [3.63, 3.8) is 0 Å². The van der Waals surface area contributed by atoms with Gasteiger partial charge in [-0.15, -0.1) is 0 Å². The van der Waals surface area contributed by atoms with Gasteiger partial charge >= 0.3 is 0 Å². The van der Waals surface area contributed by atoms with Gasteiger partial charge in [0.15, 0.2) is 0 Å². The van der Waals surface area contributed by atoms with Crippen molar-refractivity contribution in [2.24, 2.45) is 0 Å². The summed E-state index contributed by atoms with van der Waals surface area (Å²) in [7, 11) is 0. The number of anilines is 2. The number of hydrogen-bond acceptors (Lipinski definition) is 3. The third-order valence-corrected chi connectivity index (χ3v) is 3.77. The normalized spacial score (nSPS) is 10.3.